The Labute approximate surface area is 109 Å². The number of rotatable bonds is 2. The third-order valence-corrected chi connectivity index (χ3v) is 3.32. The summed E-state index contributed by atoms with van der Waals surface area (Å²) in [5, 5.41) is 0. The van der Waals surface area contributed by atoms with Gasteiger partial charge < -0.3 is 4.42 Å². The lowest BCUT2D eigenvalue weighted by Crippen LogP contribution is -1.93. The Morgan fingerprint density at radius 3 is 2.78 bits per heavy atom. The van der Waals surface area contributed by atoms with Crippen molar-refractivity contribution in [3.05, 3.63) is 41.5 Å². The Morgan fingerprint density at radius 2 is 2.06 bits per heavy atom. The van der Waals surface area contributed by atoms with Gasteiger partial charge in [-0.3, -0.25) is 4.57 Å². The number of fused-ring (bicyclic) bond motifs is 1. The van der Waals surface area contributed by atoms with E-state index in [1.165, 1.54) is 11.1 Å². The van der Waals surface area contributed by atoms with E-state index in [1.807, 2.05) is 4.57 Å². The van der Waals surface area contributed by atoms with Crippen molar-refractivity contribution < 1.29 is 4.42 Å². The monoisotopic (exact) mass is 261 g/mol. The highest BCUT2D eigenvalue weighted by Crippen LogP contribution is 2.21. The van der Waals surface area contributed by atoms with Crippen LogP contribution >= 0.6 is 11.6 Å². The van der Waals surface area contributed by atoms with Crippen LogP contribution in [0, 0.1) is 13.8 Å². The molecule has 0 aliphatic carbocycles. The number of hydrogen-bond acceptors (Lipinski definition) is 3. The van der Waals surface area contributed by atoms with Gasteiger partial charge >= 0.3 is 6.01 Å². The molecule has 3 rings (SSSR count). The summed E-state index contributed by atoms with van der Waals surface area (Å²) in [5.74, 6) is 0.342. The highest BCUT2D eigenvalue weighted by atomic mass is 35.5. The summed E-state index contributed by atoms with van der Waals surface area (Å²) in [6.07, 6.45) is 3.28. The number of oxazole rings is 1. The molecule has 5 heteroatoms. The molecule has 0 saturated carbocycles. The van der Waals surface area contributed by atoms with Crippen molar-refractivity contribution in [1.82, 2.24) is 14.5 Å². The predicted molar refractivity (Wildman–Crippen MR) is 70.2 cm³/mol. The molecular formula is C13H12ClN3O. The maximum absolute atomic E-state index is 5.72. The molecule has 0 radical (unpaired) electrons. The van der Waals surface area contributed by atoms with Gasteiger partial charge in [-0.25, -0.2) is 4.98 Å². The molecule has 0 fully saturated rings. The number of imidazole rings is 1. The lowest BCUT2D eigenvalue weighted by atomic mass is 10.1. The fourth-order valence-corrected chi connectivity index (χ4v) is 2.01. The minimum absolute atomic E-state index is 0.342. The summed E-state index contributed by atoms with van der Waals surface area (Å²) in [5.41, 5.74) is 5.08. The zero-order valence-corrected chi connectivity index (χ0v) is 10.9. The van der Waals surface area contributed by atoms with E-state index in [2.05, 4.69) is 35.9 Å². The van der Waals surface area contributed by atoms with Crippen LogP contribution in [0.1, 0.15) is 16.8 Å². The molecule has 0 spiro atoms. The van der Waals surface area contributed by atoms with Gasteiger partial charge in [0, 0.05) is 0 Å². The summed E-state index contributed by atoms with van der Waals surface area (Å²) < 4.78 is 7.24. The molecular weight excluding hydrogens is 250 g/mol. The van der Waals surface area contributed by atoms with Crippen LogP contribution in [0.3, 0.4) is 0 Å². The van der Waals surface area contributed by atoms with E-state index in [-0.39, 0.29) is 0 Å². The maximum Gasteiger partial charge on any atom is 0.307 e. The summed E-state index contributed by atoms with van der Waals surface area (Å²) in [7, 11) is 0. The molecule has 2 heterocycles. The Bertz CT molecular complexity index is 714. The van der Waals surface area contributed by atoms with Crippen LogP contribution in [-0.4, -0.2) is 14.5 Å². The van der Waals surface area contributed by atoms with Crippen LogP contribution in [0.2, 0.25) is 0 Å². The predicted octanol–water partition coefficient (Wildman–Crippen LogP) is 3.37. The second-order valence-electron chi connectivity index (χ2n) is 4.29. The zero-order chi connectivity index (χ0) is 12.7. The van der Waals surface area contributed by atoms with Crippen molar-refractivity contribution in [3.8, 4) is 6.01 Å². The standard InChI is InChI=1S/C13H12ClN3O/c1-8-3-11-12(4-9(8)2)17(7-15-11)13-16-10(5-14)6-18-13/h3-4,6-7H,5H2,1-2H3. The van der Waals surface area contributed by atoms with Crippen molar-refractivity contribution in [2.75, 3.05) is 0 Å². The molecule has 18 heavy (non-hydrogen) atoms. The van der Waals surface area contributed by atoms with Crippen LogP contribution in [0.4, 0.5) is 0 Å². The van der Waals surface area contributed by atoms with Crippen LogP contribution in [0.25, 0.3) is 17.0 Å². The van der Waals surface area contributed by atoms with Gasteiger partial charge in [0.1, 0.15) is 12.6 Å². The van der Waals surface area contributed by atoms with Crippen LogP contribution in [0.5, 0.6) is 0 Å². The van der Waals surface area contributed by atoms with Gasteiger partial charge in [-0.1, -0.05) is 0 Å². The van der Waals surface area contributed by atoms with Crippen molar-refractivity contribution in [2.24, 2.45) is 0 Å². The van der Waals surface area contributed by atoms with Crippen molar-refractivity contribution >= 4 is 22.6 Å². The number of aromatic nitrogens is 3. The molecule has 92 valence electrons. The minimum atomic E-state index is 0.342. The summed E-state index contributed by atoms with van der Waals surface area (Å²) in [6.45, 7) is 4.15. The average molecular weight is 262 g/mol. The van der Waals surface area contributed by atoms with Gasteiger partial charge in [0.2, 0.25) is 0 Å². The highest BCUT2D eigenvalue weighted by Gasteiger charge is 2.11. The van der Waals surface area contributed by atoms with Gasteiger partial charge in [-0.15, -0.1) is 11.6 Å². The SMILES string of the molecule is Cc1cc2ncn(-c3nc(CCl)co3)c2cc1C. The molecule has 0 unspecified atom stereocenters. The lowest BCUT2D eigenvalue weighted by Gasteiger charge is -2.01. The van der Waals surface area contributed by atoms with Gasteiger partial charge in [-0.2, -0.15) is 4.98 Å². The molecule has 0 aliphatic heterocycles. The normalized spacial score (nSPS) is 11.3. The molecule has 0 saturated heterocycles. The number of hydrogen-bond donors (Lipinski definition) is 0. The second kappa shape index (κ2) is 4.14. The van der Waals surface area contributed by atoms with Crippen molar-refractivity contribution in [1.29, 1.82) is 0 Å². The third-order valence-electron chi connectivity index (χ3n) is 3.05. The van der Waals surface area contributed by atoms with Crippen molar-refractivity contribution in [3.63, 3.8) is 0 Å². The van der Waals surface area contributed by atoms with Gasteiger partial charge in [0.15, 0.2) is 0 Å². The van der Waals surface area contributed by atoms with E-state index in [9.17, 15) is 0 Å². The molecule has 0 aliphatic rings. The smallest absolute Gasteiger partial charge is 0.307 e. The quantitative estimate of drug-likeness (QED) is 0.665. The van der Waals surface area contributed by atoms with Crippen LogP contribution in [0.15, 0.2) is 29.1 Å². The molecule has 0 bridgehead atoms. The molecule has 1 aromatic carbocycles. The largest absolute Gasteiger partial charge is 0.431 e. The number of aryl methyl sites for hydroxylation is 2. The summed E-state index contributed by atoms with van der Waals surface area (Å²) in [6, 6.07) is 4.64. The minimum Gasteiger partial charge on any atom is -0.431 e. The first-order valence-electron chi connectivity index (χ1n) is 5.64. The molecule has 4 nitrogen and oxygen atoms in total. The Hall–Kier alpha value is -1.81. The van der Waals surface area contributed by atoms with E-state index in [1.54, 1.807) is 12.6 Å². The second-order valence-corrected chi connectivity index (χ2v) is 4.56. The first-order chi connectivity index (χ1) is 8.69. The van der Waals surface area contributed by atoms with Gasteiger partial charge in [0.25, 0.3) is 0 Å². The Kier molecular flexibility index (Phi) is 2.59. The van der Waals surface area contributed by atoms with E-state index < -0.39 is 0 Å². The van der Waals surface area contributed by atoms with Crippen molar-refractivity contribution in [2.45, 2.75) is 19.7 Å². The number of alkyl halides is 1. The first-order valence-corrected chi connectivity index (χ1v) is 6.17. The van der Waals surface area contributed by atoms with E-state index >= 15 is 0 Å². The summed E-state index contributed by atoms with van der Waals surface area (Å²) in [4.78, 5) is 8.66. The molecule has 0 atom stereocenters. The van der Waals surface area contributed by atoms with E-state index in [0.29, 0.717) is 11.9 Å². The maximum atomic E-state index is 5.72. The first kappa shape index (κ1) is 11.3. The lowest BCUT2D eigenvalue weighted by molar-refractivity contribution is 0.530. The number of nitrogens with zero attached hydrogens (tertiary/aromatic N) is 3. The number of benzene rings is 1. The zero-order valence-electron chi connectivity index (χ0n) is 10.1. The number of halogens is 1. The fourth-order valence-electron chi connectivity index (χ4n) is 1.88. The van der Waals surface area contributed by atoms with E-state index in [4.69, 9.17) is 16.0 Å². The van der Waals surface area contributed by atoms with Crippen LogP contribution in [-0.2, 0) is 5.88 Å². The molecule has 0 amide bonds. The third kappa shape index (κ3) is 1.69. The highest BCUT2D eigenvalue weighted by molar-refractivity contribution is 6.16. The van der Waals surface area contributed by atoms with Crippen LogP contribution < -0.4 is 0 Å². The molecule has 2 aromatic heterocycles. The molecule has 0 N–H and O–H groups in total. The van der Waals surface area contributed by atoms with Gasteiger partial charge in [0.05, 0.1) is 22.6 Å². The summed E-state index contributed by atoms with van der Waals surface area (Å²) >= 11 is 5.72. The van der Waals surface area contributed by atoms with Gasteiger partial charge in [-0.05, 0) is 37.1 Å². The average Bonchev–Trinajstić information content (AvgIpc) is 2.96. The Morgan fingerprint density at radius 1 is 1.28 bits per heavy atom. The fraction of sp³-hybridized carbons (Fsp3) is 0.231. The molecule has 3 aromatic rings. The topological polar surface area (TPSA) is 43.9 Å². The van der Waals surface area contributed by atoms with E-state index in [0.717, 1.165) is 16.7 Å². The Balaban J connectivity index is 2.20.